The molecule has 0 bridgehead atoms. The second kappa shape index (κ2) is 10.3. The third kappa shape index (κ3) is 5.02. The summed E-state index contributed by atoms with van der Waals surface area (Å²) >= 11 is 0. The lowest BCUT2D eigenvalue weighted by Gasteiger charge is -2.31. The van der Waals surface area contributed by atoms with E-state index in [1.807, 2.05) is 66.4 Å². The molecule has 0 fully saturated rings. The van der Waals surface area contributed by atoms with Gasteiger partial charge in [0.15, 0.2) is 0 Å². The van der Waals surface area contributed by atoms with E-state index in [0.717, 1.165) is 34.2 Å². The molecule has 36 heavy (non-hydrogen) atoms. The highest BCUT2D eigenvalue weighted by Gasteiger charge is 2.31. The third-order valence-corrected chi connectivity index (χ3v) is 6.54. The van der Waals surface area contributed by atoms with Crippen LogP contribution in [-0.2, 0) is 29.0 Å². The van der Waals surface area contributed by atoms with Crippen LogP contribution in [0.3, 0.4) is 0 Å². The summed E-state index contributed by atoms with van der Waals surface area (Å²) in [5.41, 5.74) is 4.70. The molecule has 1 amide bonds. The molecule has 1 aliphatic heterocycles. The van der Waals surface area contributed by atoms with Crippen LogP contribution in [0.4, 0.5) is 15.9 Å². The molecule has 6 nitrogen and oxygen atoms in total. The summed E-state index contributed by atoms with van der Waals surface area (Å²) < 4.78 is 21.3. The molecule has 184 valence electrons. The Hall–Kier alpha value is -3.97. The van der Waals surface area contributed by atoms with E-state index in [1.54, 1.807) is 19.2 Å². The number of anilines is 2. The minimum atomic E-state index is -0.560. The van der Waals surface area contributed by atoms with Crippen molar-refractivity contribution in [1.82, 2.24) is 14.5 Å². The average molecular weight is 485 g/mol. The topological polar surface area (TPSA) is 59.4 Å². The lowest BCUT2D eigenvalue weighted by molar-refractivity contribution is -0.143. The molecular formula is C29H29FN4O2. The van der Waals surface area contributed by atoms with Crippen molar-refractivity contribution in [2.75, 3.05) is 19.0 Å². The van der Waals surface area contributed by atoms with Crippen molar-refractivity contribution < 1.29 is 13.9 Å². The maximum atomic E-state index is 13.6. The number of methoxy groups -OCH3 is 1. The van der Waals surface area contributed by atoms with Gasteiger partial charge in [0, 0.05) is 37.9 Å². The van der Waals surface area contributed by atoms with Crippen LogP contribution in [0.15, 0.2) is 78.9 Å². The van der Waals surface area contributed by atoms with E-state index in [-0.39, 0.29) is 11.7 Å². The smallest absolute Gasteiger partial charge is 0.252 e. The Morgan fingerprint density at radius 1 is 1.03 bits per heavy atom. The first-order chi connectivity index (χ1) is 17.5. The van der Waals surface area contributed by atoms with Gasteiger partial charge in [0.1, 0.15) is 29.3 Å². The van der Waals surface area contributed by atoms with E-state index in [4.69, 9.17) is 9.72 Å². The number of rotatable bonds is 7. The van der Waals surface area contributed by atoms with E-state index >= 15 is 0 Å². The predicted octanol–water partition coefficient (Wildman–Crippen LogP) is 5.34. The Bertz CT molecular complexity index is 1330. The standard InChI is InChI=1S/C29H29FN4O2/c1-20-8-14-24(15-9-20)31-28-27(22-10-12-23(30)13-11-22)32-26-19-33(16-17-34(26)28)29(35)25(36-2)18-21-6-4-3-5-7-21/h3-15,25,31H,16-19H2,1-2H3/t25-/m0/s1. The number of benzene rings is 3. The van der Waals surface area contributed by atoms with E-state index < -0.39 is 6.10 Å². The molecule has 0 aliphatic carbocycles. The molecule has 0 spiro atoms. The maximum absolute atomic E-state index is 13.6. The van der Waals surface area contributed by atoms with Gasteiger partial charge in [-0.05, 0) is 48.9 Å². The lowest BCUT2D eigenvalue weighted by Crippen LogP contribution is -2.45. The molecule has 2 heterocycles. The third-order valence-electron chi connectivity index (χ3n) is 6.54. The number of hydrogen-bond donors (Lipinski definition) is 1. The van der Waals surface area contributed by atoms with Crippen molar-refractivity contribution in [3.8, 4) is 11.3 Å². The zero-order chi connectivity index (χ0) is 25.1. The van der Waals surface area contributed by atoms with E-state index in [0.29, 0.717) is 26.1 Å². The van der Waals surface area contributed by atoms with Crippen LogP contribution < -0.4 is 5.32 Å². The molecule has 1 atom stereocenters. The second-order valence-corrected chi connectivity index (χ2v) is 9.05. The highest BCUT2D eigenvalue weighted by atomic mass is 19.1. The number of hydrogen-bond acceptors (Lipinski definition) is 4. The van der Waals surface area contributed by atoms with Gasteiger partial charge in [0.2, 0.25) is 0 Å². The second-order valence-electron chi connectivity index (χ2n) is 9.05. The Morgan fingerprint density at radius 3 is 2.44 bits per heavy atom. The summed E-state index contributed by atoms with van der Waals surface area (Å²) in [7, 11) is 1.58. The number of fused-ring (bicyclic) bond motifs is 1. The zero-order valence-electron chi connectivity index (χ0n) is 20.4. The fraction of sp³-hybridized carbons (Fsp3) is 0.241. The van der Waals surface area contributed by atoms with Crippen molar-refractivity contribution in [3.63, 3.8) is 0 Å². The number of carbonyl (C=O) groups excluding carboxylic acids is 1. The average Bonchev–Trinajstić information content (AvgIpc) is 3.26. The molecule has 7 heteroatoms. The van der Waals surface area contributed by atoms with Crippen LogP contribution in [0.5, 0.6) is 0 Å². The molecule has 0 saturated carbocycles. The molecule has 3 aromatic carbocycles. The summed E-state index contributed by atoms with van der Waals surface area (Å²) in [4.78, 5) is 20.1. The quantitative estimate of drug-likeness (QED) is 0.385. The number of carbonyl (C=O) groups is 1. The van der Waals surface area contributed by atoms with Gasteiger partial charge in [-0.2, -0.15) is 0 Å². The van der Waals surface area contributed by atoms with Crippen molar-refractivity contribution in [2.24, 2.45) is 0 Å². The minimum absolute atomic E-state index is 0.0491. The van der Waals surface area contributed by atoms with Gasteiger partial charge >= 0.3 is 0 Å². The highest BCUT2D eigenvalue weighted by molar-refractivity contribution is 5.82. The van der Waals surface area contributed by atoms with Crippen LogP contribution >= 0.6 is 0 Å². The number of ether oxygens (including phenoxy) is 1. The van der Waals surface area contributed by atoms with Gasteiger partial charge in [0.05, 0.1) is 6.54 Å². The normalized spacial score (nSPS) is 13.8. The van der Waals surface area contributed by atoms with Crippen LogP contribution in [-0.4, -0.2) is 40.1 Å². The maximum Gasteiger partial charge on any atom is 0.252 e. The monoisotopic (exact) mass is 484 g/mol. The summed E-state index contributed by atoms with van der Waals surface area (Å²) in [6.45, 7) is 3.55. The first-order valence-corrected chi connectivity index (χ1v) is 12.1. The molecule has 0 saturated heterocycles. The Kier molecular flexibility index (Phi) is 6.82. The molecule has 1 aromatic heterocycles. The first-order valence-electron chi connectivity index (χ1n) is 12.1. The summed E-state index contributed by atoms with van der Waals surface area (Å²) in [5, 5.41) is 3.51. The lowest BCUT2D eigenvalue weighted by atomic mass is 10.1. The van der Waals surface area contributed by atoms with Crippen LogP contribution in [0.25, 0.3) is 11.3 Å². The molecule has 0 radical (unpaired) electrons. The first kappa shape index (κ1) is 23.8. The van der Waals surface area contributed by atoms with Gasteiger partial charge in [-0.25, -0.2) is 9.37 Å². The van der Waals surface area contributed by atoms with Crippen LogP contribution in [0.2, 0.25) is 0 Å². The zero-order valence-corrected chi connectivity index (χ0v) is 20.4. The summed E-state index contributed by atoms with van der Waals surface area (Å²) in [6.07, 6.45) is -0.0436. The Balaban J connectivity index is 1.43. The minimum Gasteiger partial charge on any atom is -0.371 e. The highest BCUT2D eigenvalue weighted by Crippen LogP contribution is 2.33. The van der Waals surface area contributed by atoms with Gasteiger partial charge in [0.25, 0.3) is 5.91 Å². The predicted molar refractivity (Wildman–Crippen MR) is 138 cm³/mol. The van der Waals surface area contributed by atoms with Crippen LogP contribution in [0.1, 0.15) is 17.0 Å². The molecule has 0 unspecified atom stereocenters. The molecular weight excluding hydrogens is 455 g/mol. The van der Waals surface area contributed by atoms with Crippen molar-refractivity contribution in [1.29, 1.82) is 0 Å². The van der Waals surface area contributed by atoms with E-state index in [1.165, 1.54) is 17.7 Å². The molecule has 4 aromatic rings. The molecule has 1 N–H and O–H groups in total. The van der Waals surface area contributed by atoms with Gasteiger partial charge < -0.3 is 19.5 Å². The number of nitrogens with one attached hydrogen (secondary N) is 1. The number of halogens is 1. The fourth-order valence-electron chi connectivity index (χ4n) is 4.53. The number of nitrogens with zero attached hydrogens (tertiary/aromatic N) is 3. The number of amides is 1. The SMILES string of the molecule is CO[C@@H](Cc1ccccc1)C(=O)N1CCn2c(nc(-c3ccc(F)cc3)c2Nc2ccc(C)cc2)C1. The Morgan fingerprint density at radius 2 is 1.75 bits per heavy atom. The number of imidazole rings is 1. The molecule has 1 aliphatic rings. The van der Waals surface area contributed by atoms with Crippen molar-refractivity contribution in [3.05, 3.63) is 102 Å². The van der Waals surface area contributed by atoms with E-state index in [2.05, 4.69) is 9.88 Å². The van der Waals surface area contributed by atoms with Crippen molar-refractivity contribution >= 4 is 17.4 Å². The fourth-order valence-corrected chi connectivity index (χ4v) is 4.53. The van der Waals surface area contributed by atoms with Crippen LogP contribution in [0, 0.1) is 12.7 Å². The van der Waals surface area contributed by atoms with Crippen molar-refractivity contribution in [2.45, 2.75) is 32.5 Å². The molecule has 5 rings (SSSR count). The van der Waals surface area contributed by atoms with E-state index in [9.17, 15) is 9.18 Å². The van der Waals surface area contributed by atoms with Gasteiger partial charge in [-0.3, -0.25) is 4.79 Å². The van der Waals surface area contributed by atoms with Gasteiger partial charge in [-0.1, -0.05) is 48.0 Å². The summed E-state index contributed by atoms with van der Waals surface area (Å²) in [5.74, 6) is 1.27. The summed E-state index contributed by atoms with van der Waals surface area (Å²) in [6, 6.07) is 24.4. The Labute approximate surface area is 210 Å². The largest absolute Gasteiger partial charge is 0.371 e. The number of aryl methyl sites for hydroxylation is 1. The van der Waals surface area contributed by atoms with Gasteiger partial charge in [-0.15, -0.1) is 0 Å². The number of aromatic nitrogens is 2.